The number of esters is 2. The third kappa shape index (κ3) is 7.78. The van der Waals surface area contributed by atoms with E-state index in [1.165, 1.54) is 0 Å². The van der Waals surface area contributed by atoms with Gasteiger partial charge in [0.1, 0.15) is 24.9 Å². The van der Waals surface area contributed by atoms with Crippen molar-refractivity contribution in [3.8, 4) is 0 Å². The van der Waals surface area contributed by atoms with Crippen LogP contribution < -0.4 is 10.6 Å². The Bertz CT molecular complexity index is 2210. The Morgan fingerprint density at radius 2 is 1.25 bits per heavy atom. The minimum Gasteiger partial charge on any atom is -0.458 e. The average molecular weight is 998 g/mol. The first-order valence-corrected chi connectivity index (χ1v) is 29.1. The average Bonchev–Trinajstić information content (AvgIpc) is 4.15. The molecule has 398 valence electrons. The van der Waals surface area contributed by atoms with Crippen molar-refractivity contribution < 1.29 is 43.2 Å². The van der Waals surface area contributed by atoms with Crippen molar-refractivity contribution in [2.45, 2.75) is 167 Å². The number of nitrogens with one attached hydrogen (secondary N) is 2. The second kappa shape index (κ2) is 18.5. The maximum atomic E-state index is 15.9. The Labute approximate surface area is 428 Å². The number of hydrogen-bond acceptors (Lipinski definition) is 12. The number of aliphatic hydroxyl groups is 1. The fraction of sp³-hybridized carbons (Fsp3) is 0.862. The predicted molar refractivity (Wildman–Crippen MR) is 270 cm³/mol. The first-order valence-electron chi connectivity index (χ1n) is 29.1. The fourth-order valence-corrected chi connectivity index (χ4v) is 20.2. The van der Waals surface area contributed by atoms with Gasteiger partial charge in [-0.25, -0.2) is 19.2 Å². The number of ether oxygens (including phenoxy) is 4. The normalized spacial score (nSPS) is 46.8. The van der Waals surface area contributed by atoms with E-state index in [-0.39, 0.29) is 81.6 Å². The first-order chi connectivity index (χ1) is 34.6. The molecule has 3 N–H and O–H groups in total. The zero-order chi connectivity index (χ0) is 49.8. The number of cyclic esters (lactones) is 2. The summed E-state index contributed by atoms with van der Waals surface area (Å²) in [7, 11) is 0. The highest BCUT2D eigenvalue weighted by Crippen LogP contribution is 2.73. The van der Waals surface area contributed by atoms with E-state index in [9.17, 15) is 19.5 Å². The highest BCUT2D eigenvalue weighted by Gasteiger charge is 2.72. The minimum atomic E-state index is -0.763. The second-order valence-corrected chi connectivity index (χ2v) is 26.6. The Kier molecular flexibility index (Phi) is 12.8. The molecule has 8 saturated carbocycles. The monoisotopic (exact) mass is 998 g/mol. The van der Waals surface area contributed by atoms with Gasteiger partial charge < -0.3 is 44.5 Å². The van der Waals surface area contributed by atoms with Crippen LogP contribution in [0.1, 0.15) is 143 Å². The lowest BCUT2D eigenvalue weighted by Crippen LogP contribution is -2.65. The van der Waals surface area contributed by atoms with Crippen molar-refractivity contribution in [1.82, 2.24) is 25.3 Å². The van der Waals surface area contributed by atoms with E-state index in [2.05, 4.69) is 48.1 Å². The van der Waals surface area contributed by atoms with Crippen LogP contribution in [-0.2, 0) is 28.5 Å². The summed E-state index contributed by atoms with van der Waals surface area (Å²) in [5.74, 6) is 1.91. The summed E-state index contributed by atoms with van der Waals surface area (Å²) in [6, 6.07) is 0.0740. The molecule has 12 aliphatic rings. The SMILES string of the molecule is CC12CCC(N(CCN3CCNCC3)C(=O)OC34CCC(C5=CC(=O)OC5)C3(C)CCC3C4CCC4CC(OC(=O)N5CCNCC5)CCC43C)CC1CCC1C2CCC2(C)C(C3=CC(=O)OC3)CCC12O. The molecule has 14 nitrogen and oxygen atoms in total. The van der Waals surface area contributed by atoms with Gasteiger partial charge in [0.05, 0.1) is 5.60 Å². The lowest BCUT2D eigenvalue weighted by Gasteiger charge is -2.65. The van der Waals surface area contributed by atoms with Crippen molar-refractivity contribution in [3.63, 3.8) is 0 Å². The molecule has 0 aromatic rings. The first kappa shape index (κ1) is 49.7. The van der Waals surface area contributed by atoms with Gasteiger partial charge in [-0.2, -0.15) is 0 Å². The number of amides is 2. The van der Waals surface area contributed by atoms with Gasteiger partial charge in [0.25, 0.3) is 0 Å². The van der Waals surface area contributed by atoms with Crippen molar-refractivity contribution >= 4 is 24.1 Å². The standard InChI is InChI=1S/C58H87N5O9/c1-53-15-9-41(33-39(53)5-7-47-45(53)11-17-55(3)43(13-19-57(47,55)68)37-31-49(64)69-35-37)63(30-29-61-25-21-59-22-26-61)52(67)72-58-20-14-44(38-32-50(65)70-36-38)56(58,4)18-12-46-48(58)8-6-40-34-42(10-16-54(40,46)2)71-51(66)62-27-23-60-24-28-62/h31-32,39-48,59-60,68H,5-30,33-36H2,1-4H3. The van der Waals surface area contributed by atoms with Crippen LogP contribution in [0, 0.1) is 69.0 Å². The zero-order valence-corrected chi connectivity index (χ0v) is 44.2. The molecule has 2 saturated heterocycles. The number of carbonyl (C=O) groups is 4. The topological polar surface area (TPSA) is 159 Å². The van der Waals surface area contributed by atoms with E-state index >= 15 is 4.79 Å². The van der Waals surface area contributed by atoms with E-state index < -0.39 is 11.2 Å². The molecule has 14 heteroatoms. The van der Waals surface area contributed by atoms with E-state index in [0.29, 0.717) is 56.5 Å². The zero-order valence-electron chi connectivity index (χ0n) is 44.2. The lowest BCUT2D eigenvalue weighted by molar-refractivity contribution is -0.214. The number of hydrogen-bond donors (Lipinski definition) is 3. The molecule has 12 rings (SSSR count). The molecule has 0 radical (unpaired) electrons. The largest absolute Gasteiger partial charge is 0.458 e. The van der Waals surface area contributed by atoms with Crippen molar-refractivity contribution in [2.24, 2.45) is 69.0 Å². The Morgan fingerprint density at radius 3 is 1.92 bits per heavy atom. The van der Waals surface area contributed by atoms with Crippen LogP contribution in [0.5, 0.6) is 0 Å². The van der Waals surface area contributed by atoms with Gasteiger partial charge in [-0.3, -0.25) is 4.90 Å². The third-order valence-corrected chi connectivity index (χ3v) is 24.3. The van der Waals surface area contributed by atoms with Gasteiger partial charge in [-0.1, -0.05) is 27.7 Å². The maximum absolute atomic E-state index is 15.9. The van der Waals surface area contributed by atoms with Gasteiger partial charge in [-0.05, 0) is 179 Å². The summed E-state index contributed by atoms with van der Waals surface area (Å²) in [5, 5.41) is 19.9. The number of carbonyl (C=O) groups excluding carboxylic acids is 4. The second-order valence-electron chi connectivity index (χ2n) is 26.6. The van der Waals surface area contributed by atoms with Crippen LogP contribution >= 0.6 is 0 Å². The lowest BCUT2D eigenvalue weighted by atomic mass is 9.43. The van der Waals surface area contributed by atoms with Crippen LogP contribution in [0.15, 0.2) is 23.3 Å². The molecule has 0 aromatic heterocycles. The molecule has 16 atom stereocenters. The quantitative estimate of drug-likeness (QED) is 0.162. The third-order valence-electron chi connectivity index (χ3n) is 24.3. The molecule has 4 aliphatic heterocycles. The Morgan fingerprint density at radius 1 is 0.667 bits per heavy atom. The van der Waals surface area contributed by atoms with Gasteiger partial charge >= 0.3 is 24.1 Å². The fourth-order valence-electron chi connectivity index (χ4n) is 20.2. The highest BCUT2D eigenvalue weighted by atomic mass is 16.6. The summed E-state index contributed by atoms with van der Waals surface area (Å²) >= 11 is 0. The summed E-state index contributed by atoms with van der Waals surface area (Å²) in [6.07, 6.45) is 20.3. The smallest absolute Gasteiger partial charge is 0.410 e. The van der Waals surface area contributed by atoms with E-state index in [1.807, 2.05) is 4.90 Å². The van der Waals surface area contributed by atoms with E-state index in [1.54, 1.807) is 12.2 Å². The van der Waals surface area contributed by atoms with Crippen LogP contribution in [0.3, 0.4) is 0 Å². The van der Waals surface area contributed by atoms with Crippen LogP contribution in [0.4, 0.5) is 9.59 Å². The molecule has 2 amide bonds. The molecule has 10 fully saturated rings. The molecule has 4 heterocycles. The van der Waals surface area contributed by atoms with Gasteiger partial charge in [-0.15, -0.1) is 0 Å². The van der Waals surface area contributed by atoms with Crippen LogP contribution in [0.2, 0.25) is 0 Å². The summed E-state index contributed by atoms with van der Waals surface area (Å²) in [5.41, 5.74) is 0.215. The molecule has 72 heavy (non-hydrogen) atoms. The molecule has 16 unspecified atom stereocenters. The highest BCUT2D eigenvalue weighted by molar-refractivity contribution is 5.86. The Balaban J connectivity index is 0.807. The summed E-state index contributed by atoms with van der Waals surface area (Å²) < 4.78 is 24.9. The summed E-state index contributed by atoms with van der Waals surface area (Å²) in [4.78, 5) is 60.8. The van der Waals surface area contributed by atoms with E-state index in [0.717, 1.165) is 173 Å². The molecule has 0 aromatic carbocycles. The molecule has 0 spiro atoms. The molecule has 0 bridgehead atoms. The van der Waals surface area contributed by atoms with Crippen molar-refractivity contribution in [1.29, 1.82) is 0 Å². The van der Waals surface area contributed by atoms with E-state index in [4.69, 9.17) is 18.9 Å². The molecular weight excluding hydrogens is 911 g/mol. The minimum absolute atomic E-state index is 0.0460. The molecular formula is C58H87N5O9. The van der Waals surface area contributed by atoms with Crippen molar-refractivity contribution in [3.05, 3.63) is 23.3 Å². The number of nitrogens with zero attached hydrogens (tertiary/aromatic N) is 3. The number of fused-ring (bicyclic) bond motifs is 10. The van der Waals surface area contributed by atoms with Crippen LogP contribution in [-0.4, -0.2) is 146 Å². The van der Waals surface area contributed by atoms with Crippen LogP contribution in [0.25, 0.3) is 0 Å². The predicted octanol–water partition coefficient (Wildman–Crippen LogP) is 7.63. The van der Waals surface area contributed by atoms with Gasteiger partial charge in [0.2, 0.25) is 0 Å². The number of piperazine rings is 2. The molecule has 8 aliphatic carbocycles. The van der Waals surface area contributed by atoms with Gasteiger partial charge in [0, 0.05) is 100 Å². The maximum Gasteiger partial charge on any atom is 0.410 e. The van der Waals surface area contributed by atoms with Gasteiger partial charge in [0.15, 0.2) is 0 Å². The summed E-state index contributed by atoms with van der Waals surface area (Å²) in [6.45, 7) is 18.8. The van der Waals surface area contributed by atoms with Crippen molar-refractivity contribution in [2.75, 3.05) is 78.7 Å². The number of rotatable bonds is 8. The Hall–Kier alpha value is -3.20.